The highest BCUT2D eigenvalue weighted by Crippen LogP contribution is 2.16. The predicted molar refractivity (Wildman–Crippen MR) is 82.1 cm³/mol. The van der Waals surface area contributed by atoms with Crippen molar-refractivity contribution in [2.24, 2.45) is 5.92 Å². The van der Waals surface area contributed by atoms with Crippen LogP contribution in [-0.4, -0.2) is 33.7 Å². The molecule has 0 saturated heterocycles. The normalized spacial score (nSPS) is 11.4. The largest absolute Gasteiger partial charge is 0.494 e. The molecule has 0 aliphatic rings. The molecule has 1 amide bonds. The van der Waals surface area contributed by atoms with Crippen molar-refractivity contribution < 1.29 is 17.9 Å². The molecule has 0 heterocycles. The Morgan fingerprint density at radius 2 is 1.86 bits per heavy atom. The highest BCUT2D eigenvalue weighted by Gasteiger charge is 2.06. The van der Waals surface area contributed by atoms with E-state index in [-0.39, 0.29) is 10.8 Å². The minimum Gasteiger partial charge on any atom is -0.494 e. The molecule has 1 N–H and O–H groups in total. The number of rotatable bonds is 8. The van der Waals surface area contributed by atoms with Crippen molar-refractivity contribution in [3.8, 4) is 5.75 Å². The Kier molecular flexibility index (Phi) is 6.68. The molecule has 5 nitrogen and oxygen atoms in total. The molecule has 0 radical (unpaired) electrons. The van der Waals surface area contributed by atoms with E-state index in [0.717, 1.165) is 0 Å². The minimum atomic E-state index is -3.18. The van der Waals surface area contributed by atoms with Crippen LogP contribution in [0.1, 0.15) is 26.7 Å². The first kappa shape index (κ1) is 17.5. The van der Waals surface area contributed by atoms with Gasteiger partial charge in [-0.1, -0.05) is 13.8 Å². The smallest absolute Gasteiger partial charge is 0.220 e. The van der Waals surface area contributed by atoms with Crippen LogP contribution in [0, 0.1) is 5.92 Å². The van der Waals surface area contributed by atoms with Crippen molar-refractivity contribution in [1.29, 1.82) is 0 Å². The van der Waals surface area contributed by atoms with Crippen molar-refractivity contribution in [2.75, 3.05) is 19.4 Å². The van der Waals surface area contributed by atoms with E-state index >= 15 is 0 Å². The summed E-state index contributed by atoms with van der Waals surface area (Å²) in [7, 11) is -3.18. The molecule has 0 aliphatic carbocycles. The average molecular weight is 313 g/mol. The molecule has 1 rings (SSSR count). The van der Waals surface area contributed by atoms with Gasteiger partial charge in [-0.15, -0.1) is 0 Å². The van der Waals surface area contributed by atoms with Crippen LogP contribution in [0.2, 0.25) is 0 Å². The second kappa shape index (κ2) is 8.02. The molecule has 0 unspecified atom stereocenters. The zero-order chi connectivity index (χ0) is 15.9. The Morgan fingerprint density at radius 1 is 1.24 bits per heavy atom. The van der Waals surface area contributed by atoms with Gasteiger partial charge in [0.05, 0.1) is 11.5 Å². The maximum Gasteiger partial charge on any atom is 0.220 e. The third-order valence-corrected chi connectivity index (χ3v) is 3.90. The SMILES string of the molecule is CC(C)CNC(=O)CCCOc1ccc(S(C)(=O)=O)cc1. The topological polar surface area (TPSA) is 72.5 Å². The standard InChI is InChI=1S/C15H23NO4S/c1-12(2)11-16-15(17)5-4-10-20-13-6-8-14(9-7-13)21(3,18)19/h6-9,12H,4-5,10-11H2,1-3H3,(H,16,17). The first-order valence-corrected chi connectivity index (χ1v) is 8.88. The number of hydrogen-bond acceptors (Lipinski definition) is 4. The predicted octanol–water partition coefficient (Wildman–Crippen LogP) is 2.02. The van der Waals surface area contributed by atoms with E-state index in [4.69, 9.17) is 4.74 Å². The molecule has 0 aromatic heterocycles. The summed E-state index contributed by atoms with van der Waals surface area (Å²) in [6, 6.07) is 6.27. The third-order valence-electron chi connectivity index (χ3n) is 2.78. The summed E-state index contributed by atoms with van der Waals surface area (Å²) in [6.07, 6.45) is 2.21. The van der Waals surface area contributed by atoms with Gasteiger partial charge in [-0.05, 0) is 36.6 Å². The maximum atomic E-state index is 11.5. The summed E-state index contributed by atoms with van der Waals surface area (Å²) in [4.78, 5) is 11.7. The van der Waals surface area contributed by atoms with Gasteiger partial charge in [0.25, 0.3) is 0 Å². The van der Waals surface area contributed by atoms with Crippen LogP contribution in [0.15, 0.2) is 29.2 Å². The number of sulfone groups is 1. The van der Waals surface area contributed by atoms with Gasteiger partial charge in [0.1, 0.15) is 5.75 Å². The monoisotopic (exact) mass is 313 g/mol. The Labute approximate surface area is 126 Å². The molecule has 6 heteroatoms. The number of carbonyl (C=O) groups is 1. The molecule has 0 bridgehead atoms. The van der Waals surface area contributed by atoms with Gasteiger partial charge in [0, 0.05) is 19.2 Å². The zero-order valence-electron chi connectivity index (χ0n) is 12.8. The molecule has 0 aliphatic heterocycles. The van der Waals surface area contributed by atoms with E-state index < -0.39 is 9.84 Å². The Morgan fingerprint density at radius 3 is 2.38 bits per heavy atom. The molecular formula is C15H23NO4S. The lowest BCUT2D eigenvalue weighted by Crippen LogP contribution is -2.27. The first-order valence-electron chi connectivity index (χ1n) is 6.98. The summed E-state index contributed by atoms with van der Waals surface area (Å²) in [5, 5.41) is 2.84. The second-order valence-electron chi connectivity index (χ2n) is 5.39. The number of benzene rings is 1. The summed E-state index contributed by atoms with van der Waals surface area (Å²) in [5.74, 6) is 1.07. The molecule has 0 atom stereocenters. The van der Waals surface area contributed by atoms with E-state index in [1.807, 2.05) is 13.8 Å². The Balaban J connectivity index is 2.29. The van der Waals surface area contributed by atoms with Gasteiger partial charge in [-0.3, -0.25) is 4.79 Å². The summed E-state index contributed by atoms with van der Waals surface area (Å²) in [5.41, 5.74) is 0. The van der Waals surface area contributed by atoms with Gasteiger partial charge in [0.15, 0.2) is 9.84 Å². The summed E-state index contributed by atoms with van der Waals surface area (Å²) in [6.45, 7) is 5.20. The zero-order valence-corrected chi connectivity index (χ0v) is 13.6. The molecule has 1 aromatic carbocycles. The van der Waals surface area contributed by atoms with E-state index in [2.05, 4.69) is 5.32 Å². The van der Waals surface area contributed by atoms with E-state index in [1.54, 1.807) is 12.1 Å². The Bertz CT molecular complexity index is 550. The van der Waals surface area contributed by atoms with Gasteiger partial charge >= 0.3 is 0 Å². The van der Waals surface area contributed by atoms with E-state index in [0.29, 0.717) is 37.7 Å². The van der Waals surface area contributed by atoms with Crippen LogP contribution in [-0.2, 0) is 14.6 Å². The quantitative estimate of drug-likeness (QED) is 0.745. The third kappa shape index (κ3) is 7.13. The molecule has 0 saturated carbocycles. The van der Waals surface area contributed by atoms with Crippen LogP contribution in [0.3, 0.4) is 0 Å². The van der Waals surface area contributed by atoms with Crippen LogP contribution < -0.4 is 10.1 Å². The molecule has 118 valence electrons. The van der Waals surface area contributed by atoms with Crippen LogP contribution >= 0.6 is 0 Å². The number of amides is 1. The van der Waals surface area contributed by atoms with Crippen LogP contribution in [0.5, 0.6) is 5.75 Å². The molecule has 0 fully saturated rings. The highest BCUT2D eigenvalue weighted by molar-refractivity contribution is 7.90. The first-order chi connectivity index (χ1) is 9.79. The fourth-order valence-corrected chi connectivity index (χ4v) is 2.24. The lowest BCUT2D eigenvalue weighted by Gasteiger charge is -2.08. The number of hydrogen-bond donors (Lipinski definition) is 1. The van der Waals surface area contributed by atoms with Crippen molar-refractivity contribution in [3.63, 3.8) is 0 Å². The fourth-order valence-electron chi connectivity index (χ4n) is 1.61. The summed E-state index contributed by atoms with van der Waals surface area (Å²) >= 11 is 0. The van der Waals surface area contributed by atoms with Crippen molar-refractivity contribution >= 4 is 15.7 Å². The number of ether oxygens (including phenoxy) is 1. The van der Waals surface area contributed by atoms with Crippen molar-refractivity contribution in [1.82, 2.24) is 5.32 Å². The van der Waals surface area contributed by atoms with Gasteiger partial charge in [-0.25, -0.2) is 8.42 Å². The highest BCUT2D eigenvalue weighted by atomic mass is 32.2. The van der Waals surface area contributed by atoms with Crippen molar-refractivity contribution in [2.45, 2.75) is 31.6 Å². The molecule has 1 aromatic rings. The van der Waals surface area contributed by atoms with Gasteiger partial charge < -0.3 is 10.1 Å². The van der Waals surface area contributed by atoms with Gasteiger partial charge in [-0.2, -0.15) is 0 Å². The van der Waals surface area contributed by atoms with Gasteiger partial charge in [0.2, 0.25) is 5.91 Å². The molecule has 21 heavy (non-hydrogen) atoms. The number of nitrogens with one attached hydrogen (secondary N) is 1. The van der Waals surface area contributed by atoms with Crippen LogP contribution in [0.25, 0.3) is 0 Å². The number of carbonyl (C=O) groups excluding carboxylic acids is 1. The maximum absolute atomic E-state index is 11.5. The second-order valence-corrected chi connectivity index (χ2v) is 7.41. The average Bonchev–Trinajstić information content (AvgIpc) is 2.41. The lowest BCUT2D eigenvalue weighted by atomic mass is 10.2. The van der Waals surface area contributed by atoms with Crippen LogP contribution in [0.4, 0.5) is 0 Å². The molecule has 0 spiro atoms. The van der Waals surface area contributed by atoms with E-state index in [1.165, 1.54) is 18.4 Å². The summed E-state index contributed by atoms with van der Waals surface area (Å²) < 4.78 is 28.1. The molecular weight excluding hydrogens is 290 g/mol. The fraction of sp³-hybridized carbons (Fsp3) is 0.533. The lowest BCUT2D eigenvalue weighted by molar-refractivity contribution is -0.121. The van der Waals surface area contributed by atoms with E-state index in [9.17, 15) is 13.2 Å². The minimum absolute atomic E-state index is 0.0275. The Hall–Kier alpha value is -1.56. The van der Waals surface area contributed by atoms with Crippen molar-refractivity contribution in [3.05, 3.63) is 24.3 Å².